The standard InChI is InChI=1S/C33H38O4SSi/c1-35-26-36-31(32(39(2,3)4)38(34)30-23-15-8-16-24-30)25-37-33(27-17-9-5-10-18-27,28-19-11-6-12-20-28)29-21-13-7-14-22-29/h5-24,31-32H,25-26H2,1-4H3/t31-,32+,38?/m0/s1. The Morgan fingerprint density at radius 2 is 1.10 bits per heavy atom. The van der Waals surface area contributed by atoms with Crippen LogP contribution in [0.1, 0.15) is 16.7 Å². The van der Waals surface area contributed by atoms with Gasteiger partial charge in [0.1, 0.15) is 12.4 Å². The summed E-state index contributed by atoms with van der Waals surface area (Å²) >= 11 is 0. The van der Waals surface area contributed by atoms with E-state index >= 15 is 0 Å². The molecule has 4 nitrogen and oxygen atoms in total. The lowest BCUT2D eigenvalue weighted by atomic mass is 9.80. The Labute approximate surface area is 236 Å². The molecule has 0 amide bonds. The number of hydrogen-bond acceptors (Lipinski definition) is 4. The molecule has 4 aromatic rings. The summed E-state index contributed by atoms with van der Waals surface area (Å²) < 4.78 is 32.9. The lowest BCUT2D eigenvalue weighted by Gasteiger charge is -2.40. The molecule has 0 aliphatic carbocycles. The van der Waals surface area contributed by atoms with Gasteiger partial charge in [0.05, 0.1) is 36.5 Å². The van der Waals surface area contributed by atoms with Gasteiger partial charge in [-0.2, -0.15) is 0 Å². The van der Waals surface area contributed by atoms with Gasteiger partial charge in [-0.15, -0.1) is 0 Å². The second-order valence-corrected chi connectivity index (χ2v) is 17.9. The summed E-state index contributed by atoms with van der Waals surface area (Å²) in [5.41, 5.74) is 2.15. The Morgan fingerprint density at radius 3 is 1.49 bits per heavy atom. The highest BCUT2D eigenvalue weighted by Crippen LogP contribution is 2.41. The molecule has 39 heavy (non-hydrogen) atoms. The van der Waals surface area contributed by atoms with Gasteiger partial charge in [-0.1, -0.05) is 129 Å². The van der Waals surface area contributed by atoms with Crippen molar-refractivity contribution in [3.05, 3.63) is 138 Å². The lowest BCUT2D eigenvalue weighted by molar-refractivity contribution is -0.112. The minimum Gasteiger partial charge on any atom is -0.359 e. The summed E-state index contributed by atoms with van der Waals surface area (Å²) in [4.78, 5) is 0.575. The van der Waals surface area contributed by atoms with E-state index in [0.29, 0.717) is 0 Å². The molecule has 4 aromatic carbocycles. The van der Waals surface area contributed by atoms with Gasteiger partial charge in [-0.25, -0.2) is 0 Å². The first-order chi connectivity index (χ1) is 18.9. The molecule has 0 heterocycles. The van der Waals surface area contributed by atoms with E-state index < -0.39 is 30.6 Å². The van der Waals surface area contributed by atoms with Gasteiger partial charge in [-0.3, -0.25) is 4.21 Å². The molecule has 0 N–H and O–H groups in total. The highest BCUT2D eigenvalue weighted by molar-refractivity contribution is 7.87. The van der Waals surface area contributed by atoms with Crippen molar-refractivity contribution in [1.29, 1.82) is 0 Å². The van der Waals surface area contributed by atoms with Gasteiger partial charge in [0.2, 0.25) is 0 Å². The van der Waals surface area contributed by atoms with Gasteiger partial charge in [-0.05, 0) is 28.8 Å². The molecule has 1 unspecified atom stereocenters. The van der Waals surface area contributed by atoms with Crippen LogP contribution in [-0.2, 0) is 30.6 Å². The smallest absolute Gasteiger partial charge is 0.146 e. The molecular weight excluding hydrogens is 521 g/mol. The maximum atomic E-state index is 14.1. The van der Waals surface area contributed by atoms with Crippen LogP contribution in [0, 0.1) is 0 Å². The summed E-state index contributed by atoms with van der Waals surface area (Å²) in [6.45, 7) is 7.03. The highest BCUT2D eigenvalue weighted by atomic mass is 32.2. The zero-order chi connectivity index (χ0) is 27.7. The summed E-state index contributed by atoms with van der Waals surface area (Å²) in [5.74, 6) is 0. The van der Waals surface area contributed by atoms with Gasteiger partial charge in [0, 0.05) is 12.0 Å². The van der Waals surface area contributed by atoms with E-state index in [1.165, 1.54) is 0 Å². The third-order valence-electron chi connectivity index (χ3n) is 6.80. The molecule has 0 radical (unpaired) electrons. The zero-order valence-electron chi connectivity index (χ0n) is 23.2. The number of ether oxygens (including phenoxy) is 3. The second-order valence-electron chi connectivity index (χ2n) is 10.6. The van der Waals surface area contributed by atoms with E-state index in [1.807, 2.05) is 84.9 Å². The van der Waals surface area contributed by atoms with E-state index in [1.54, 1.807) is 7.11 Å². The van der Waals surface area contributed by atoms with Crippen LogP contribution >= 0.6 is 0 Å². The quantitative estimate of drug-likeness (QED) is 0.100. The molecule has 6 heteroatoms. The molecule has 4 rings (SSSR count). The molecule has 0 aliphatic rings. The third kappa shape index (κ3) is 6.83. The Morgan fingerprint density at radius 1 is 0.692 bits per heavy atom. The Hall–Kier alpha value is -2.87. The second kappa shape index (κ2) is 13.5. The lowest BCUT2D eigenvalue weighted by Crippen LogP contribution is -2.53. The summed E-state index contributed by atoms with van der Waals surface area (Å²) in [7, 11) is -1.72. The maximum Gasteiger partial charge on any atom is 0.146 e. The van der Waals surface area contributed by atoms with Crippen molar-refractivity contribution in [3.63, 3.8) is 0 Å². The monoisotopic (exact) mass is 558 g/mol. The van der Waals surface area contributed by atoms with E-state index in [0.717, 1.165) is 21.6 Å². The summed E-state index contributed by atoms with van der Waals surface area (Å²) in [5, 5.41) is 0. The molecule has 204 valence electrons. The molecule has 0 fully saturated rings. The zero-order valence-corrected chi connectivity index (χ0v) is 25.0. The molecule has 0 saturated heterocycles. The number of rotatable bonds is 13. The van der Waals surface area contributed by atoms with E-state index in [9.17, 15) is 4.21 Å². The first kappa shape index (κ1) is 29.1. The fourth-order valence-electron chi connectivity index (χ4n) is 5.07. The van der Waals surface area contributed by atoms with Crippen LogP contribution in [0.15, 0.2) is 126 Å². The average molecular weight is 559 g/mol. The van der Waals surface area contributed by atoms with Gasteiger partial charge in [0.25, 0.3) is 0 Å². The van der Waals surface area contributed by atoms with Crippen molar-refractivity contribution in [2.24, 2.45) is 0 Å². The van der Waals surface area contributed by atoms with Crippen LogP contribution in [0.4, 0.5) is 0 Å². The van der Waals surface area contributed by atoms with Gasteiger partial charge in [0.15, 0.2) is 0 Å². The molecule has 0 aliphatic heterocycles. The maximum absolute atomic E-state index is 14.1. The molecule has 0 spiro atoms. The molecular formula is C33H38O4SSi. The molecule has 0 bridgehead atoms. The average Bonchev–Trinajstić information content (AvgIpc) is 2.97. The Bertz CT molecular complexity index is 1200. The van der Waals surface area contributed by atoms with E-state index in [-0.39, 0.29) is 18.3 Å². The van der Waals surface area contributed by atoms with E-state index in [4.69, 9.17) is 14.2 Å². The number of benzene rings is 4. The van der Waals surface area contributed by atoms with Crippen LogP contribution in [0.3, 0.4) is 0 Å². The number of methoxy groups -OCH3 is 1. The SMILES string of the molecule is COCO[C@@H](COC(c1ccccc1)(c1ccccc1)c1ccccc1)[C@H](S(=O)c1ccccc1)[Si](C)(C)C. The van der Waals surface area contributed by atoms with Gasteiger partial charge >= 0.3 is 0 Å². The van der Waals surface area contributed by atoms with Crippen LogP contribution in [0.25, 0.3) is 0 Å². The minimum atomic E-state index is -2.04. The van der Waals surface area contributed by atoms with Crippen molar-refractivity contribution in [2.45, 2.75) is 41.1 Å². The normalized spacial score (nSPS) is 14.5. The Balaban J connectivity index is 1.82. The van der Waals surface area contributed by atoms with E-state index in [2.05, 4.69) is 56.0 Å². The molecule has 0 aromatic heterocycles. The van der Waals surface area contributed by atoms with Crippen LogP contribution in [0.2, 0.25) is 19.6 Å². The summed E-state index contributed by atoms with van der Waals surface area (Å²) in [6, 6.07) is 40.5. The Kier molecular flexibility index (Phi) is 10.1. The van der Waals surface area contributed by atoms with Crippen molar-refractivity contribution >= 4 is 18.9 Å². The van der Waals surface area contributed by atoms with Gasteiger partial charge < -0.3 is 14.2 Å². The van der Waals surface area contributed by atoms with Crippen LogP contribution < -0.4 is 0 Å². The summed E-state index contributed by atoms with van der Waals surface area (Å²) in [6.07, 6.45) is -0.451. The first-order valence-electron chi connectivity index (χ1n) is 13.2. The minimum absolute atomic E-state index is 0.0933. The van der Waals surface area contributed by atoms with Crippen molar-refractivity contribution in [2.75, 3.05) is 20.5 Å². The molecule has 3 atom stereocenters. The van der Waals surface area contributed by atoms with Crippen LogP contribution in [-0.4, -0.2) is 43.8 Å². The fourth-order valence-corrected chi connectivity index (χ4v) is 10.5. The van der Waals surface area contributed by atoms with Crippen molar-refractivity contribution < 1.29 is 18.4 Å². The highest BCUT2D eigenvalue weighted by Gasteiger charge is 2.43. The topological polar surface area (TPSA) is 44.8 Å². The largest absolute Gasteiger partial charge is 0.359 e. The predicted octanol–water partition coefficient (Wildman–Crippen LogP) is 7.04. The van der Waals surface area contributed by atoms with Crippen LogP contribution in [0.5, 0.6) is 0 Å². The van der Waals surface area contributed by atoms with Crippen molar-refractivity contribution in [3.8, 4) is 0 Å². The predicted molar refractivity (Wildman–Crippen MR) is 162 cm³/mol. The first-order valence-corrected chi connectivity index (χ1v) is 18.0. The molecule has 0 saturated carbocycles. The fraction of sp³-hybridized carbons (Fsp3) is 0.273. The number of hydrogen-bond donors (Lipinski definition) is 0. The third-order valence-corrected chi connectivity index (χ3v) is 13.1. The van der Waals surface area contributed by atoms with Crippen molar-refractivity contribution in [1.82, 2.24) is 0 Å².